The van der Waals surface area contributed by atoms with E-state index in [1.807, 2.05) is 35.7 Å². The van der Waals surface area contributed by atoms with Gasteiger partial charge in [0.05, 0.1) is 11.2 Å². The van der Waals surface area contributed by atoms with Crippen LogP contribution >= 0.6 is 11.3 Å². The van der Waals surface area contributed by atoms with E-state index >= 15 is 0 Å². The second kappa shape index (κ2) is 5.84. The van der Waals surface area contributed by atoms with E-state index < -0.39 is 0 Å². The zero-order valence-corrected chi connectivity index (χ0v) is 11.7. The molecule has 1 N–H and O–H groups in total. The highest BCUT2D eigenvalue weighted by Gasteiger charge is 2.06. The van der Waals surface area contributed by atoms with E-state index in [9.17, 15) is 4.79 Å². The van der Waals surface area contributed by atoms with Gasteiger partial charge in [-0.1, -0.05) is 6.07 Å². The molecule has 0 aliphatic carbocycles. The number of carbonyl (C=O) groups excluding carboxylic acids is 1. The lowest BCUT2D eigenvalue weighted by Gasteiger charge is -2.07. The number of nitrogens with one attached hydrogen (secondary N) is 1. The van der Waals surface area contributed by atoms with Gasteiger partial charge in [-0.15, -0.1) is 0 Å². The molecule has 1 aromatic carbocycles. The van der Waals surface area contributed by atoms with Crippen molar-refractivity contribution in [2.75, 3.05) is 5.32 Å². The van der Waals surface area contributed by atoms with E-state index in [1.54, 1.807) is 17.5 Å². The van der Waals surface area contributed by atoms with Crippen molar-refractivity contribution in [2.45, 2.75) is 12.8 Å². The summed E-state index contributed by atoms with van der Waals surface area (Å²) in [5, 5.41) is 8.05. The first-order chi connectivity index (χ1) is 9.83. The van der Waals surface area contributed by atoms with Gasteiger partial charge in [0.1, 0.15) is 0 Å². The van der Waals surface area contributed by atoms with Gasteiger partial charge in [0.2, 0.25) is 5.91 Å². The number of hydrogen-bond donors (Lipinski definition) is 1. The quantitative estimate of drug-likeness (QED) is 0.789. The molecule has 4 heteroatoms. The third kappa shape index (κ3) is 2.86. The summed E-state index contributed by atoms with van der Waals surface area (Å²) in [5.41, 5.74) is 2.93. The Hall–Kier alpha value is -2.20. The number of pyridine rings is 1. The first-order valence-corrected chi connectivity index (χ1v) is 7.42. The van der Waals surface area contributed by atoms with Gasteiger partial charge in [-0.25, -0.2) is 0 Å². The fraction of sp³-hybridized carbons (Fsp3) is 0.125. The van der Waals surface area contributed by atoms with E-state index in [-0.39, 0.29) is 5.91 Å². The molecule has 0 aliphatic heterocycles. The van der Waals surface area contributed by atoms with Crippen molar-refractivity contribution in [1.29, 1.82) is 0 Å². The molecule has 0 saturated carbocycles. The van der Waals surface area contributed by atoms with Gasteiger partial charge in [0, 0.05) is 18.0 Å². The maximum Gasteiger partial charge on any atom is 0.224 e. The monoisotopic (exact) mass is 282 g/mol. The number of anilines is 1. The number of amides is 1. The van der Waals surface area contributed by atoms with Gasteiger partial charge in [-0.3, -0.25) is 9.78 Å². The molecule has 100 valence electrons. The number of nitrogens with zero attached hydrogens (tertiary/aromatic N) is 1. The number of aryl methyl sites for hydroxylation is 1. The molecule has 3 nitrogen and oxygen atoms in total. The molecule has 0 bridgehead atoms. The lowest BCUT2D eigenvalue weighted by molar-refractivity contribution is -0.116. The van der Waals surface area contributed by atoms with Gasteiger partial charge < -0.3 is 5.32 Å². The molecule has 0 atom stereocenters. The molecule has 0 radical (unpaired) electrons. The fourth-order valence-electron chi connectivity index (χ4n) is 2.12. The molecular formula is C16H14N2OS. The number of hydrogen-bond acceptors (Lipinski definition) is 3. The average Bonchev–Trinajstić information content (AvgIpc) is 2.99. The van der Waals surface area contributed by atoms with Crippen LogP contribution in [0.5, 0.6) is 0 Å². The van der Waals surface area contributed by atoms with Crippen molar-refractivity contribution in [1.82, 2.24) is 4.98 Å². The Morgan fingerprint density at radius 3 is 3.00 bits per heavy atom. The molecule has 0 fully saturated rings. The van der Waals surface area contributed by atoms with Crippen LogP contribution in [0.1, 0.15) is 12.0 Å². The third-order valence-electron chi connectivity index (χ3n) is 3.14. The third-order valence-corrected chi connectivity index (χ3v) is 3.87. The largest absolute Gasteiger partial charge is 0.325 e. The van der Waals surface area contributed by atoms with Gasteiger partial charge in [0.25, 0.3) is 0 Å². The SMILES string of the molecule is O=C(CCc1ccsc1)Nc1cccc2ncccc12. The lowest BCUT2D eigenvalue weighted by atomic mass is 10.1. The first kappa shape index (κ1) is 12.8. The Morgan fingerprint density at radius 2 is 2.15 bits per heavy atom. The van der Waals surface area contributed by atoms with Crippen molar-refractivity contribution in [2.24, 2.45) is 0 Å². The van der Waals surface area contributed by atoms with Crippen molar-refractivity contribution < 1.29 is 4.79 Å². The Labute approximate surface area is 121 Å². The van der Waals surface area contributed by atoms with Crippen molar-refractivity contribution in [3.63, 3.8) is 0 Å². The summed E-state index contributed by atoms with van der Waals surface area (Å²) in [4.78, 5) is 16.3. The van der Waals surface area contributed by atoms with Crippen molar-refractivity contribution in [3.05, 3.63) is 58.9 Å². The van der Waals surface area contributed by atoms with Crippen LogP contribution in [-0.2, 0) is 11.2 Å². The smallest absolute Gasteiger partial charge is 0.224 e. The predicted molar refractivity (Wildman–Crippen MR) is 83.0 cm³/mol. The number of thiophene rings is 1. The maximum absolute atomic E-state index is 12.0. The molecule has 3 rings (SSSR count). The minimum atomic E-state index is 0.0348. The Balaban J connectivity index is 1.71. The Kier molecular flexibility index (Phi) is 3.74. The van der Waals surface area contributed by atoms with E-state index in [1.165, 1.54) is 5.56 Å². The lowest BCUT2D eigenvalue weighted by Crippen LogP contribution is -2.12. The second-order valence-corrected chi connectivity index (χ2v) is 5.34. The van der Waals surface area contributed by atoms with Crippen molar-refractivity contribution in [3.8, 4) is 0 Å². The second-order valence-electron chi connectivity index (χ2n) is 4.56. The Bertz CT molecular complexity index is 717. The molecule has 1 amide bonds. The topological polar surface area (TPSA) is 42.0 Å². The standard InChI is InChI=1S/C16H14N2OS/c19-16(7-6-12-8-10-20-11-12)18-15-5-1-4-14-13(15)3-2-9-17-14/h1-5,8-11H,6-7H2,(H,18,19). The van der Waals surface area contributed by atoms with Crippen LogP contribution in [0.3, 0.4) is 0 Å². The predicted octanol–water partition coefficient (Wildman–Crippen LogP) is 3.87. The molecule has 2 heterocycles. The van der Waals surface area contributed by atoms with E-state index in [0.29, 0.717) is 6.42 Å². The number of rotatable bonds is 4. The summed E-state index contributed by atoms with van der Waals surface area (Å²) in [5.74, 6) is 0.0348. The highest BCUT2D eigenvalue weighted by atomic mass is 32.1. The number of aromatic nitrogens is 1. The Morgan fingerprint density at radius 1 is 1.20 bits per heavy atom. The number of benzene rings is 1. The van der Waals surface area contributed by atoms with Crippen molar-refractivity contribution >= 4 is 33.8 Å². The van der Waals surface area contributed by atoms with Gasteiger partial charge >= 0.3 is 0 Å². The summed E-state index contributed by atoms with van der Waals surface area (Å²) in [6, 6.07) is 11.7. The fourth-order valence-corrected chi connectivity index (χ4v) is 2.82. The zero-order valence-electron chi connectivity index (χ0n) is 10.9. The van der Waals surface area contributed by atoms with Crippen LogP contribution in [-0.4, -0.2) is 10.9 Å². The molecule has 0 aliphatic rings. The molecule has 0 spiro atoms. The minimum absolute atomic E-state index is 0.0348. The summed E-state index contributed by atoms with van der Waals surface area (Å²) < 4.78 is 0. The number of fused-ring (bicyclic) bond motifs is 1. The van der Waals surface area contributed by atoms with Crippen LogP contribution in [0.25, 0.3) is 10.9 Å². The average molecular weight is 282 g/mol. The normalized spacial score (nSPS) is 10.6. The van der Waals surface area contributed by atoms with Crippen LogP contribution in [0.15, 0.2) is 53.4 Å². The van der Waals surface area contributed by atoms with Gasteiger partial charge in [0.15, 0.2) is 0 Å². The summed E-state index contributed by atoms with van der Waals surface area (Å²) in [7, 11) is 0. The molecule has 0 saturated heterocycles. The van der Waals surface area contributed by atoms with Gasteiger partial charge in [-0.2, -0.15) is 11.3 Å². The number of carbonyl (C=O) groups is 1. The first-order valence-electron chi connectivity index (χ1n) is 6.47. The highest BCUT2D eigenvalue weighted by Crippen LogP contribution is 2.21. The van der Waals surface area contributed by atoms with Crippen LogP contribution in [0.2, 0.25) is 0 Å². The van der Waals surface area contributed by atoms with Gasteiger partial charge in [-0.05, 0) is 53.1 Å². The summed E-state index contributed by atoms with van der Waals surface area (Å²) in [6.45, 7) is 0. The van der Waals surface area contributed by atoms with E-state index in [2.05, 4.69) is 21.7 Å². The molecule has 20 heavy (non-hydrogen) atoms. The van der Waals surface area contributed by atoms with E-state index in [4.69, 9.17) is 0 Å². The highest BCUT2D eigenvalue weighted by molar-refractivity contribution is 7.07. The molecule has 3 aromatic rings. The van der Waals surface area contributed by atoms with Crippen LogP contribution in [0, 0.1) is 0 Å². The van der Waals surface area contributed by atoms with E-state index in [0.717, 1.165) is 23.0 Å². The van der Waals surface area contributed by atoms with Crippen LogP contribution in [0.4, 0.5) is 5.69 Å². The summed E-state index contributed by atoms with van der Waals surface area (Å²) >= 11 is 1.66. The molecule has 0 unspecified atom stereocenters. The zero-order chi connectivity index (χ0) is 13.8. The molecule has 2 aromatic heterocycles. The molecular weight excluding hydrogens is 268 g/mol. The minimum Gasteiger partial charge on any atom is -0.325 e. The summed E-state index contributed by atoms with van der Waals surface area (Å²) in [6.07, 6.45) is 3.02. The van der Waals surface area contributed by atoms with Crippen LogP contribution < -0.4 is 5.32 Å². The maximum atomic E-state index is 12.0.